The molecule has 0 heterocycles. The van der Waals surface area contributed by atoms with Crippen molar-refractivity contribution in [2.75, 3.05) is 13.7 Å². The van der Waals surface area contributed by atoms with Crippen molar-refractivity contribution in [3.05, 3.63) is 34.9 Å². The molecule has 2 nitrogen and oxygen atoms in total. The van der Waals surface area contributed by atoms with Gasteiger partial charge in [-0.3, -0.25) is 0 Å². The first-order valence-electron chi connectivity index (χ1n) is 6.21. The van der Waals surface area contributed by atoms with Crippen molar-refractivity contribution in [1.29, 1.82) is 0 Å². The Morgan fingerprint density at radius 2 is 2.00 bits per heavy atom. The highest BCUT2D eigenvalue weighted by atomic mass is 35.5. The number of ether oxygens (including phenoxy) is 1. The molecule has 3 heteroatoms. The van der Waals surface area contributed by atoms with Gasteiger partial charge in [-0.1, -0.05) is 23.7 Å². The lowest BCUT2D eigenvalue weighted by Crippen LogP contribution is -2.34. The third-order valence-corrected chi connectivity index (χ3v) is 3.46. The Morgan fingerprint density at radius 1 is 1.35 bits per heavy atom. The third kappa shape index (κ3) is 3.70. The summed E-state index contributed by atoms with van der Waals surface area (Å²) in [4.78, 5) is 0. The highest BCUT2D eigenvalue weighted by molar-refractivity contribution is 6.30. The predicted octanol–water partition coefficient (Wildman–Crippen LogP) is 3.42. The van der Waals surface area contributed by atoms with Crippen LogP contribution >= 0.6 is 11.6 Å². The van der Waals surface area contributed by atoms with E-state index in [9.17, 15) is 0 Å². The van der Waals surface area contributed by atoms with Crippen molar-refractivity contribution in [3.63, 3.8) is 0 Å². The van der Waals surface area contributed by atoms with Crippen LogP contribution in [0.4, 0.5) is 0 Å². The Labute approximate surface area is 108 Å². The second-order valence-electron chi connectivity index (χ2n) is 4.89. The lowest BCUT2D eigenvalue weighted by atomic mass is 10.0. The van der Waals surface area contributed by atoms with Crippen LogP contribution in [0.25, 0.3) is 0 Å². The Morgan fingerprint density at radius 3 is 2.53 bits per heavy atom. The van der Waals surface area contributed by atoms with Gasteiger partial charge in [0.1, 0.15) is 0 Å². The SMILES string of the molecule is COCC(C)NC(c1ccc(Cl)cc1)C1CC1. The van der Waals surface area contributed by atoms with E-state index in [1.165, 1.54) is 18.4 Å². The van der Waals surface area contributed by atoms with Crippen LogP contribution < -0.4 is 5.32 Å². The number of nitrogens with one attached hydrogen (secondary N) is 1. The number of hydrogen-bond acceptors (Lipinski definition) is 2. The molecule has 1 aliphatic rings. The molecule has 1 aromatic rings. The average Bonchev–Trinajstić information content (AvgIpc) is 3.12. The Kier molecular flexibility index (Phi) is 4.43. The van der Waals surface area contributed by atoms with Crippen LogP contribution in [0, 0.1) is 5.92 Å². The Balaban J connectivity index is 2.04. The Hall–Kier alpha value is -0.570. The van der Waals surface area contributed by atoms with Crippen molar-refractivity contribution < 1.29 is 4.74 Å². The summed E-state index contributed by atoms with van der Waals surface area (Å²) in [6, 6.07) is 9.00. The van der Waals surface area contributed by atoms with E-state index in [4.69, 9.17) is 16.3 Å². The van der Waals surface area contributed by atoms with Crippen LogP contribution in [-0.2, 0) is 4.74 Å². The number of benzene rings is 1. The van der Waals surface area contributed by atoms with E-state index < -0.39 is 0 Å². The van der Waals surface area contributed by atoms with Crippen molar-refractivity contribution in [2.45, 2.75) is 31.8 Å². The van der Waals surface area contributed by atoms with Gasteiger partial charge in [-0.25, -0.2) is 0 Å². The molecule has 94 valence electrons. The first-order chi connectivity index (χ1) is 8.20. The molecular formula is C14H20ClNO. The summed E-state index contributed by atoms with van der Waals surface area (Å²) in [7, 11) is 1.74. The molecule has 2 atom stereocenters. The average molecular weight is 254 g/mol. The number of halogens is 1. The molecule has 1 aromatic carbocycles. The van der Waals surface area contributed by atoms with Gasteiger partial charge < -0.3 is 10.1 Å². The summed E-state index contributed by atoms with van der Waals surface area (Å²) >= 11 is 5.93. The molecule has 1 aliphatic carbocycles. The smallest absolute Gasteiger partial charge is 0.0613 e. The maximum atomic E-state index is 5.93. The predicted molar refractivity (Wildman–Crippen MR) is 71.4 cm³/mol. The molecule has 0 aliphatic heterocycles. The van der Waals surface area contributed by atoms with Crippen LogP contribution in [0.2, 0.25) is 5.02 Å². The standard InChI is InChI=1S/C14H20ClNO/c1-10(9-17-2)16-14(11-3-4-11)12-5-7-13(15)8-6-12/h5-8,10-11,14,16H,3-4,9H2,1-2H3. The molecule has 2 unspecified atom stereocenters. The zero-order chi connectivity index (χ0) is 12.3. The molecule has 1 saturated carbocycles. The Bertz CT molecular complexity index is 348. The van der Waals surface area contributed by atoms with Gasteiger partial charge in [0.25, 0.3) is 0 Å². The van der Waals surface area contributed by atoms with Crippen molar-refractivity contribution in [2.24, 2.45) is 5.92 Å². The van der Waals surface area contributed by atoms with Crippen LogP contribution in [0.3, 0.4) is 0 Å². The molecule has 0 amide bonds. The van der Waals surface area contributed by atoms with Crippen molar-refractivity contribution >= 4 is 11.6 Å². The summed E-state index contributed by atoms with van der Waals surface area (Å²) in [6.45, 7) is 2.91. The monoisotopic (exact) mass is 253 g/mol. The first kappa shape index (κ1) is 12.9. The number of rotatable bonds is 6. The molecule has 1 fully saturated rings. The van der Waals surface area contributed by atoms with Gasteiger partial charge in [0.05, 0.1) is 6.61 Å². The van der Waals surface area contributed by atoms with Crippen LogP contribution in [0.15, 0.2) is 24.3 Å². The van der Waals surface area contributed by atoms with Gasteiger partial charge in [-0.05, 0) is 43.4 Å². The molecule has 0 aromatic heterocycles. The minimum absolute atomic E-state index is 0.376. The quantitative estimate of drug-likeness (QED) is 0.839. The molecule has 1 N–H and O–H groups in total. The fourth-order valence-corrected chi connectivity index (χ4v) is 2.33. The topological polar surface area (TPSA) is 21.3 Å². The second-order valence-corrected chi connectivity index (χ2v) is 5.33. The normalized spacial score (nSPS) is 19.0. The highest BCUT2D eigenvalue weighted by Crippen LogP contribution is 2.41. The number of hydrogen-bond donors (Lipinski definition) is 1. The van der Waals surface area contributed by atoms with Crippen LogP contribution in [0.5, 0.6) is 0 Å². The van der Waals surface area contributed by atoms with Crippen molar-refractivity contribution in [1.82, 2.24) is 5.32 Å². The zero-order valence-electron chi connectivity index (χ0n) is 10.4. The van der Waals surface area contributed by atoms with E-state index in [1.54, 1.807) is 7.11 Å². The molecule has 2 rings (SSSR count). The summed E-state index contributed by atoms with van der Waals surface area (Å²) in [5.74, 6) is 0.774. The third-order valence-electron chi connectivity index (χ3n) is 3.20. The fourth-order valence-electron chi connectivity index (χ4n) is 2.21. The summed E-state index contributed by atoms with van der Waals surface area (Å²) in [5.41, 5.74) is 1.33. The van der Waals surface area contributed by atoms with Crippen LogP contribution in [-0.4, -0.2) is 19.8 Å². The summed E-state index contributed by atoms with van der Waals surface area (Å²) in [5, 5.41) is 4.45. The molecule has 0 bridgehead atoms. The van der Waals surface area contributed by atoms with E-state index in [0.29, 0.717) is 12.1 Å². The summed E-state index contributed by atoms with van der Waals surface area (Å²) < 4.78 is 5.18. The second kappa shape index (κ2) is 5.85. The minimum Gasteiger partial charge on any atom is -0.383 e. The van der Waals surface area contributed by atoms with E-state index >= 15 is 0 Å². The first-order valence-corrected chi connectivity index (χ1v) is 6.59. The molecule has 0 saturated heterocycles. The van der Waals surface area contributed by atoms with Crippen LogP contribution in [0.1, 0.15) is 31.4 Å². The largest absolute Gasteiger partial charge is 0.383 e. The number of methoxy groups -OCH3 is 1. The molecule has 17 heavy (non-hydrogen) atoms. The van der Waals surface area contributed by atoms with Crippen molar-refractivity contribution in [3.8, 4) is 0 Å². The van der Waals surface area contributed by atoms with Gasteiger partial charge >= 0.3 is 0 Å². The van der Waals surface area contributed by atoms with E-state index in [-0.39, 0.29) is 0 Å². The highest BCUT2D eigenvalue weighted by Gasteiger charge is 2.32. The minimum atomic E-state index is 0.376. The molecule has 0 radical (unpaired) electrons. The molecular weight excluding hydrogens is 234 g/mol. The van der Waals surface area contributed by atoms with E-state index in [1.807, 2.05) is 12.1 Å². The fraction of sp³-hybridized carbons (Fsp3) is 0.571. The maximum Gasteiger partial charge on any atom is 0.0613 e. The van der Waals surface area contributed by atoms with Gasteiger partial charge in [-0.2, -0.15) is 0 Å². The van der Waals surface area contributed by atoms with Gasteiger partial charge in [-0.15, -0.1) is 0 Å². The maximum absolute atomic E-state index is 5.93. The van der Waals surface area contributed by atoms with E-state index in [2.05, 4.69) is 24.4 Å². The molecule has 0 spiro atoms. The summed E-state index contributed by atoms with van der Waals surface area (Å²) in [6.07, 6.45) is 2.64. The zero-order valence-corrected chi connectivity index (χ0v) is 11.2. The lowest BCUT2D eigenvalue weighted by Gasteiger charge is -2.23. The van der Waals surface area contributed by atoms with Gasteiger partial charge in [0.15, 0.2) is 0 Å². The lowest BCUT2D eigenvalue weighted by molar-refractivity contribution is 0.164. The van der Waals surface area contributed by atoms with Gasteiger partial charge in [0, 0.05) is 24.2 Å². The van der Waals surface area contributed by atoms with Gasteiger partial charge in [0.2, 0.25) is 0 Å². The van der Waals surface area contributed by atoms with E-state index in [0.717, 1.165) is 17.5 Å².